The summed E-state index contributed by atoms with van der Waals surface area (Å²) in [4.78, 5) is 43.9. The van der Waals surface area contributed by atoms with E-state index < -0.39 is 59.2 Å². The Bertz CT molecular complexity index is 1300. The summed E-state index contributed by atoms with van der Waals surface area (Å²) >= 11 is 0. The first-order valence-corrected chi connectivity index (χ1v) is 12.9. The Balaban J connectivity index is 1.80. The van der Waals surface area contributed by atoms with Gasteiger partial charge in [-0.25, -0.2) is 0 Å². The zero-order valence-corrected chi connectivity index (χ0v) is 22.3. The van der Waals surface area contributed by atoms with E-state index >= 15 is 0 Å². The number of primary amides is 1. The number of nitrogens with zero attached hydrogens (tertiary/aromatic N) is 1. The van der Waals surface area contributed by atoms with E-state index in [0.717, 1.165) is 11.3 Å². The average Bonchev–Trinajstić information content (AvgIpc) is 3.40. The quantitative estimate of drug-likeness (QED) is 0.211. The first kappa shape index (κ1) is 28.5. The second-order valence-electron chi connectivity index (χ2n) is 10.7. The largest absolute Gasteiger partial charge is 0.508 e. The number of phenols is 1. The fourth-order valence-corrected chi connectivity index (χ4v) is 6.01. The number of carbonyl (C=O) groups excluding carboxylic acids is 3. The second kappa shape index (κ2) is 10.9. The number of fused-ring (bicyclic) bond motifs is 2. The highest BCUT2D eigenvalue weighted by Crippen LogP contribution is 2.49. The molecular formula is C28H36N4O7. The number of H-pyrrole nitrogens is 1. The van der Waals surface area contributed by atoms with Crippen LogP contribution < -0.4 is 11.1 Å². The normalized spacial score (nSPS) is 24.3. The molecule has 0 aliphatic heterocycles. The maximum atomic E-state index is 13.8. The van der Waals surface area contributed by atoms with Gasteiger partial charge < -0.3 is 41.4 Å². The molecule has 39 heavy (non-hydrogen) atoms. The van der Waals surface area contributed by atoms with Crippen LogP contribution in [0.2, 0.25) is 0 Å². The lowest BCUT2D eigenvalue weighted by Crippen LogP contribution is -2.62. The molecule has 0 spiro atoms. The van der Waals surface area contributed by atoms with Crippen LogP contribution in [0.1, 0.15) is 40.5 Å². The van der Waals surface area contributed by atoms with E-state index in [-0.39, 0.29) is 29.7 Å². The lowest BCUT2D eigenvalue weighted by atomic mass is 9.60. The number of aromatic amines is 1. The zero-order valence-electron chi connectivity index (χ0n) is 22.3. The van der Waals surface area contributed by atoms with Crippen molar-refractivity contribution in [2.75, 3.05) is 20.7 Å². The molecule has 0 bridgehead atoms. The lowest BCUT2D eigenvalue weighted by Gasteiger charge is -2.48. The van der Waals surface area contributed by atoms with Gasteiger partial charge in [-0.2, -0.15) is 0 Å². The van der Waals surface area contributed by atoms with Gasteiger partial charge in [0.1, 0.15) is 11.5 Å². The molecule has 0 radical (unpaired) electrons. The Labute approximate surface area is 226 Å². The monoisotopic (exact) mass is 540 g/mol. The molecule has 5 atom stereocenters. The topological polar surface area (TPSA) is 189 Å². The van der Waals surface area contributed by atoms with Crippen LogP contribution in [-0.4, -0.2) is 80.1 Å². The number of aromatic hydroxyl groups is 1. The molecule has 1 amide bonds. The third-order valence-electron chi connectivity index (χ3n) is 8.21. The Morgan fingerprint density at radius 2 is 1.95 bits per heavy atom. The first-order valence-electron chi connectivity index (χ1n) is 12.9. The highest BCUT2D eigenvalue weighted by molar-refractivity contribution is 6.15. The highest BCUT2D eigenvalue weighted by Gasteiger charge is 2.59. The molecule has 1 aromatic heterocycles. The molecule has 1 heterocycles. The molecule has 11 heteroatoms. The molecule has 8 N–H and O–H groups in total. The smallest absolute Gasteiger partial charge is 0.227 e. The summed E-state index contributed by atoms with van der Waals surface area (Å²) in [5.41, 5.74) is 4.94. The summed E-state index contributed by atoms with van der Waals surface area (Å²) in [6.07, 6.45) is 2.14. The van der Waals surface area contributed by atoms with Crippen molar-refractivity contribution in [1.29, 1.82) is 0 Å². The van der Waals surface area contributed by atoms with Gasteiger partial charge in [0.2, 0.25) is 5.91 Å². The van der Waals surface area contributed by atoms with Crippen LogP contribution >= 0.6 is 0 Å². The number of carbonyl (C=O) groups is 3. The Morgan fingerprint density at radius 1 is 1.23 bits per heavy atom. The number of nitrogens with one attached hydrogen (secondary N) is 2. The van der Waals surface area contributed by atoms with Crippen LogP contribution in [0.3, 0.4) is 0 Å². The number of aromatic nitrogens is 1. The van der Waals surface area contributed by atoms with Crippen LogP contribution in [0.25, 0.3) is 0 Å². The molecule has 1 aromatic carbocycles. The number of ketones is 2. The summed E-state index contributed by atoms with van der Waals surface area (Å²) in [6, 6.07) is 6.19. The third kappa shape index (κ3) is 4.87. The van der Waals surface area contributed by atoms with E-state index in [9.17, 15) is 34.8 Å². The van der Waals surface area contributed by atoms with Crippen molar-refractivity contribution in [1.82, 2.24) is 15.2 Å². The molecule has 2 aromatic rings. The van der Waals surface area contributed by atoms with Crippen molar-refractivity contribution in [2.45, 2.75) is 44.5 Å². The van der Waals surface area contributed by atoms with Crippen LogP contribution in [-0.2, 0) is 29.1 Å². The van der Waals surface area contributed by atoms with Gasteiger partial charge in [-0.1, -0.05) is 6.07 Å². The maximum absolute atomic E-state index is 13.8. The number of aliphatic hydroxyl groups is 3. The summed E-state index contributed by atoms with van der Waals surface area (Å²) in [5, 5.41) is 47.5. The van der Waals surface area contributed by atoms with Gasteiger partial charge >= 0.3 is 0 Å². The van der Waals surface area contributed by atoms with Gasteiger partial charge in [-0.15, -0.1) is 0 Å². The predicted molar refractivity (Wildman–Crippen MR) is 142 cm³/mol. The number of hydrogen-bond donors (Lipinski definition) is 7. The molecular weight excluding hydrogens is 504 g/mol. The third-order valence-corrected chi connectivity index (χ3v) is 8.21. The summed E-state index contributed by atoms with van der Waals surface area (Å²) in [5.74, 6) is -6.98. The van der Waals surface area contributed by atoms with Crippen LogP contribution in [0, 0.1) is 17.8 Å². The van der Waals surface area contributed by atoms with E-state index in [0.29, 0.717) is 18.7 Å². The molecule has 2 aliphatic carbocycles. The number of likely N-dealkylation sites (N-methyl/N-ethyl adjacent to an activating group) is 1. The molecule has 0 saturated heterocycles. The Hall–Kier alpha value is -3.51. The van der Waals surface area contributed by atoms with Crippen molar-refractivity contribution in [3.8, 4) is 5.75 Å². The SMILES string of the molecule is CC(C(N)=O)C(=O)[C@@]1(O)C(O)=C2C(=O)c3c(O)ccc(CNCc4ccc[nH]4)c3C[C@H]2C[C@H]1[C@@H](CO)N(C)C. The number of nitrogens with two attached hydrogens (primary N) is 1. The summed E-state index contributed by atoms with van der Waals surface area (Å²) in [6.45, 7) is 1.74. The standard InChI is InChI=1S/C28H36N4O7/c1-14(27(29)38)25(36)28(39)19(20(13-33)32(2)3)10-16-9-18-15(11-30-12-17-5-4-8-31-17)6-7-21(34)23(18)24(35)22(16)26(28)37/h4-8,14,16,19-20,30-31,33-34,37,39H,9-13H2,1-3H3,(H2,29,38)/t14?,16-,19-,20+,28+/m0/s1. The number of phenolic OH excluding ortho intramolecular Hbond substituents is 1. The molecule has 210 valence electrons. The maximum Gasteiger partial charge on any atom is 0.227 e. The van der Waals surface area contributed by atoms with E-state index in [1.165, 1.54) is 13.0 Å². The van der Waals surface area contributed by atoms with Crippen molar-refractivity contribution in [3.05, 3.63) is 64.2 Å². The molecule has 2 aliphatic rings. The minimum absolute atomic E-state index is 0.00879. The van der Waals surface area contributed by atoms with Crippen LogP contribution in [0.4, 0.5) is 0 Å². The minimum atomic E-state index is -2.64. The van der Waals surface area contributed by atoms with Crippen molar-refractivity contribution >= 4 is 17.5 Å². The number of aliphatic hydroxyl groups excluding tert-OH is 2. The zero-order chi connectivity index (χ0) is 28.6. The second-order valence-corrected chi connectivity index (χ2v) is 10.7. The minimum Gasteiger partial charge on any atom is -0.508 e. The van der Waals surface area contributed by atoms with E-state index in [4.69, 9.17) is 5.73 Å². The van der Waals surface area contributed by atoms with Crippen molar-refractivity contribution in [2.24, 2.45) is 23.5 Å². The van der Waals surface area contributed by atoms with Crippen LogP contribution in [0.15, 0.2) is 41.8 Å². The molecule has 1 unspecified atom stereocenters. The van der Waals surface area contributed by atoms with Crippen LogP contribution in [0.5, 0.6) is 5.75 Å². The number of rotatable bonds is 10. The van der Waals surface area contributed by atoms with Gasteiger partial charge in [0.05, 0.1) is 18.1 Å². The first-order chi connectivity index (χ1) is 18.4. The Kier molecular flexibility index (Phi) is 7.99. The number of Topliss-reactive ketones (excluding diaryl/α,β-unsaturated/α-hetero) is 2. The van der Waals surface area contributed by atoms with Crippen molar-refractivity contribution < 1.29 is 34.8 Å². The fourth-order valence-electron chi connectivity index (χ4n) is 6.01. The molecule has 11 nitrogen and oxygen atoms in total. The van der Waals surface area contributed by atoms with Crippen molar-refractivity contribution in [3.63, 3.8) is 0 Å². The Morgan fingerprint density at radius 3 is 2.54 bits per heavy atom. The summed E-state index contributed by atoms with van der Waals surface area (Å²) in [7, 11) is 3.32. The van der Waals surface area contributed by atoms with Gasteiger partial charge in [0.25, 0.3) is 0 Å². The molecule has 0 fully saturated rings. The van der Waals surface area contributed by atoms with Gasteiger partial charge in [0, 0.05) is 42.5 Å². The highest BCUT2D eigenvalue weighted by atomic mass is 16.3. The van der Waals surface area contributed by atoms with Gasteiger partial charge in [0.15, 0.2) is 17.2 Å². The summed E-state index contributed by atoms with van der Waals surface area (Å²) < 4.78 is 0. The average molecular weight is 541 g/mol. The number of amides is 1. The predicted octanol–water partition coefficient (Wildman–Crippen LogP) is 0.541. The van der Waals surface area contributed by atoms with E-state index in [1.807, 2.05) is 18.3 Å². The van der Waals surface area contributed by atoms with Gasteiger partial charge in [-0.3, -0.25) is 14.4 Å². The number of hydrogen-bond acceptors (Lipinski definition) is 9. The molecule has 0 saturated carbocycles. The lowest BCUT2D eigenvalue weighted by molar-refractivity contribution is -0.155. The van der Waals surface area contributed by atoms with E-state index in [2.05, 4.69) is 10.3 Å². The fraction of sp³-hybridized carbons (Fsp3) is 0.464. The molecule has 4 rings (SSSR count). The van der Waals surface area contributed by atoms with E-state index in [1.54, 1.807) is 25.1 Å². The van der Waals surface area contributed by atoms with Gasteiger partial charge in [-0.05, 0) is 69.1 Å². The number of allylic oxidation sites excluding steroid dienone is 1. The number of benzene rings is 1.